The van der Waals surface area contributed by atoms with Crippen LogP contribution >= 0.6 is 0 Å². The van der Waals surface area contributed by atoms with Crippen LogP contribution in [0.4, 0.5) is 0 Å². The molecule has 8 nitrogen and oxygen atoms in total. The molecule has 1 saturated carbocycles. The molecule has 0 unspecified atom stereocenters. The van der Waals surface area contributed by atoms with Crippen LogP contribution in [0.5, 0.6) is 0 Å². The zero-order chi connectivity index (χ0) is 20.7. The summed E-state index contributed by atoms with van der Waals surface area (Å²) in [6.45, 7) is 2.88. The lowest BCUT2D eigenvalue weighted by Gasteiger charge is -2.30. The van der Waals surface area contributed by atoms with Crippen LogP contribution in [-0.4, -0.2) is 39.0 Å². The number of nitriles is 1. The number of amides is 1. The summed E-state index contributed by atoms with van der Waals surface area (Å²) in [5, 5.41) is 11.9. The van der Waals surface area contributed by atoms with E-state index < -0.39 is 34.5 Å². The summed E-state index contributed by atoms with van der Waals surface area (Å²) in [5.41, 5.74) is -0.0299. The fraction of sp³-hybridized carbons (Fsp3) is 0.526. The van der Waals surface area contributed by atoms with Crippen molar-refractivity contribution in [2.24, 2.45) is 5.92 Å². The third kappa shape index (κ3) is 5.78. The van der Waals surface area contributed by atoms with Crippen LogP contribution < -0.4 is 10.0 Å². The van der Waals surface area contributed by atoms with Gasteiger partial charge in [-0.2, -0.15) is 9.98 Å². The van der Waals surface area contributed by atoms with Crippen molar-refractivity contribution in [1.29, 1.82) is 5.26 Å². The minimum absolute atomic E-state index is 0.0299. The highest BCUT2D eigenvalue weighted by Crippen LogP contribution is 2.23. The average molecular weight is 407 g/mol. The molecule has 1 aromatic carbocycles. The van der Waals surface area contributed by atoms with Crippen LogP contribution in [0.1, 0.15) is 45.1 Å². The number of hydrogen-bond donors (Lipinski definition) is 2. The van der Waals surface area contributed by atoms with E-state index in [9.17, 15) is 18.0 Å². The molecule has 0 radical (unpaired) electrons. The topological polar surface area (TPSA) is 125 Å². The highest BCUT2D eigenvalue weighted by atomic mass is 32.2. The average Bonchev–Trinajstić information content (AvgIpc) is 2.68. The maximum atomic E-state index is 12.3. The summed E-state index contributed by atoms with van der Waals surface area (Å²) in [7, 11) is -4.06. The van der Waals surface area contributed by atoms with Crippen LogP contribution in [0, 0.1) is 17.2 Å². The van der Waals surface area contributed by atoms with Crippen molar-refractivity contribution < 1.29 is 22.7 Å². The molecule has 1 amide bonds. The molecule has 3 atom stereocenters. The van der Waals surface area contributed by atoms with Crippen molar-refractivity contribution in [2.75, 3.05) is 6.54 Å². The first-order valence-electron chi connectivity index (χ1n) is 9.23. The van der Waals surface area contributed by atoms with Gasteiger partial charge in [0, 0.05) is 6.04 Å². The van der Waals surface area contributed by atoms with Crippen molar-refractivity contribution in [3.8, 4) is 6.07 Å². The lowest BCUT2D eigenvalue weighted by Crippen LogP contribution is -2.46. The summed E-state index contributed by atoms with van der Waals surface area (Å²) < 4.78 is 31.7. The Morgan fingerprint density at radius 1 is 1.29 bits per heavy atom. The van der Waals surface area contributed by atoms with E-state index in [1.807, 2.05) is 0 Å². The van der Waals surface area contributed by atoms with Crippen molar-refractivity contribution in [3.63, 3.8) is 0 Å². The Morgan fingerprint density at radius 3 is 2.64 bits per heavy atom. The summed E-state index contributed by atoms with van der Waals surface area (Å²) in [6.07, 6.45) is 3.11. The van der Waals surface area contributed by atoms with Gasteiger partial charge in [0.05, 0.1) is 10.5 Å². The maximum Gasteiger partial charge on any atom is 0.321 e. The van der Waals surface area contributed by atoms with E-state index in [0.717, 1.165) is 25.7 Å². The van der Waals surface area contributed by atoms with E-state index in [1.54, 1.807) is 12.1 Å². The molecule has 0 heterocycles. The third-order valence-corrected chi connectivity index (χ3v) is 6.28. The number of nitrogens with one attached hydrogen (secondary N) is 2. The predicted octanol–water partition coefficient (Wildman–Crippen LogP) is 1.46. The van der Waals surface area contributed by atoms with Gasteiger partial charge in [-0.25, -0.2) is 8.42 Å². The molecule has 0 aromatic heterocycles. The normalized spacial score (nSPS) is 20.6. The number of hydrogen-bond acceptors (Lipinski definition) is 6. The SMILES string of the molecule is C[C@@H](OC(=O)CNS(=O)(=O)c1ccccc1C#N)C(=O)N[C@@H]1CCCC[C@@H]1C. The highest BCUT2D eigenvalue weighted by molar-refractivity contribution is 7.89. The van der Waals surface area contributed by atoms with E-state index in [4.69, 9.17) is 10.00 Å². The summed E-state index contributed by atoms with van der Waals surface area (Å²) in [6, 6.07) is 7.51. The van der Waals surface area contributed by atoms with Crippen LogP contribution in [0.3, 0.4) is 0 Å². The molecule has 0 bridgehead atoms. The number of benzene rings is 1. The monoisotopic (exact) mass is 407 g/mol. The first kappa shape index (κ1) is 21.9. The van der Waals surface area contributed by atoms with Crippen molar-refractivity contribution in [2.45, 2.75) is 56.6 Å². The standard InChI is InChI=1S/C19H25N3O5S/c1-13-7-3-5-9-16(13)22-19(24)14(2)27-18(23)12-21-28(25,26)17-10-6-4-8-15(17)11-20/h4,6,8,10,13-14,16,21H,3,5,7,9,12H2,1-2H3,(H,22,24)/t13-,14+,16+/m0/s1. The zero-order valence-electron chi connectivity index (χ0n) is 16.0. The number of carbonyl (C=O) groups is 2. The summed E-state index contributed by atoms with van der Waals surface area (Å²) in [5.74, 6) is -0.908. The van der Waals surface area contributed by atoms with Gasteiger partial charge >= 0.3 is 5.97 Å². The molecule has 0 saturated heterocycles. The fourth-order valence-electron chi connectivity index (χ4n) is 3.15. The van der Waals surface area contributed by atoms with E-state index in [-0.39, 0.29) is 16.5 Å². The Balaban J connectivity index is 1.87. The number of nitrogens with zero attached hydrogens (tertiary/aromatic N) is 1. The molecule has 1 aliphatic rings. The lowest BCUT2D eigenvalue weighted by atomic mass is 9.86. The number of sulfonamides is 1. The molecular formula is C19H25N3O5S. The molecule has 1 aliphatic carbocycles. The van der Waals surface area contributed by atoms with Gasteiger partial charge in [0.25, 0.3) is 5.91 Å². The highest BCUT2D eigenvalue weighted by Gasteiger charge is 2.27. The van der Waals surface area contributed by atoms with Gasteiger partial charge in [-0.15, -0.1) is 0 Å². The second-order valence-corrected chi connectivity index (χ2v) is 8.68. The van der Waals surface area contributed by atoms with Gasteiger partial charge in [0.1, 0.15) is 12.6 Å². The molecule has 152 valence electrons. The van der Waals surface area contributed by atoms with Gasteiger partial charge < -0.3 is 10.1 Å². The predicted molar refractivity (Wildman–Crippen MR) is 101 cm³/mol. The molecule has 2 N–H and O–H groups in total. The molecule has 0 aliphatic heterocycles. The first-order chi connectivity index (χ1) is 13.2. The largest absolute Gasteiger partial charge is 0.452 e. The Hall–Kier alpha value is -2.44. The fourth-order valence-corrected chi connectivity index (χ4v) is 4.27. The van der Waals surface area contributed by atoms with Crippen LogP contribution in [-0.2, 0) is 24.3 Å². The second kappa shape index (κ2) is 9.66. The Labute approximate surface area is 165 Å². The minimum Gasteiger partial charge on any atom is -0.452 e. The summed E-state index contributed by atoms with van der Waals surface area (Å²) >= 11 is 0. The molecule has 2 rings (SSSR count). The molecule has 1 aromatic rings. The number of ether oxygens (including phenoxy) is 1. The smallest absolute Gasteiger partial charge is 0.321 e. The number of carbonyl (C=O) groups excluding carboxylic acids is 2. The van der Waals surface area contributed by atoms with E-state index in [2.05, 4.69) is 17.0 Å². The lowest BCUT2D eigenvalue weighted by molar-refractivity contribution is -0.154. The van der Waals surface area contributed by atoms with Gasteiger partial charge in [-0.3, -0.25) is 9.59 Å². The first-order valence-corrected chi connectivity index (χ1v) is 10.7. The molecule has 9 heteroatoms. The number of esters is 1. The van der Waals surface area contributed by atoms with E-state index >= 15 is 0 Å². The van der Waals surface area contributed by atoms with Gasteiger partial charge in [0.2, 0.25) is 10.0 Å². The van der Waals surface area contributed by atoms with Gasteiger partial charge in [-0.1, -0.05) is 31.9 Å². The van der Waals surface area contributed by atoms with Crippen LogP contribution in [0.2, 0.25) is 0 Å². The van der Waals surface area contributed by atoms with Gasteiger partial charge in [0.15, 0.2) is 6.10 Å². The van der Waals surface area contributed by atoms with Gasteiger partial charge in [-0.05, 0) is 37.8 Å². The van der Waals surface area contributed by atoms with Crippen LogP contribution in [0.15, 0.2) is 29.2 Å². The van der Waals surface area contributed by atoms with Crippen molar-refractivity contribution in [1.82, 2.24) is 10.0 Å². The Bertz CT molecular complexity index is 863. The quantitative estimate of drug-likeness (QED) is 0.659. The zero-order valence-corrected chi connectivity index (χ0v) is 16.8. The minimum atomic E-state index is -4.06. The molecular weight excluding hydrogens is 382 g/mol. The Morgan fingerprint density at radius 2 is 1.96 bits per heavy atom. The van der Waals surface area contributed by atoms with Crippen molar-refractivity contribution >= 4 is 21.9 Å². The van der Waals surface area contributed by atoms with E-state index in [0.29, 0.717) is 5.92 Å². The number of rotatable bonds is 7. The van der Waals surface area contributed by atoms with Crippen LogP contribution in [0.25, 0.3) is 0 Å². The Kier molecular flexibility index (Phi) is 7.54. The van der Waals surface area contributed by atoms with Crippen molar-refractivity contribution in [3.05, 3.63) is 29.8 Å². The molecule has 0 spiro atoms. The molecule has 28 heavy (non-hydrogen) atoms. The third-order valence-electron chi connectivity index (χ3n) is 4.82. The maximum absolute atomic E-state index is 12.3. The second-order valence-electron chi connectivity index (χ2n) is 6.94. The van der Waals surface area contributed by atoms with E-state index in [1.165, 1.54) is 25.1 Å². The summed E-state index contributed by atoms with van der Waals surface area (Å²) in [4.78, 5) is 24.0. The molecule has 1 fully saturated rings.